The van der Waals surface area contributed by atoms with Crippen LogP contribution in [0.3, 0.4) is 0 Å². The van der Waals surface area contributed by atoms with Crippen LogP contribution in [0.15, 0.2) is 66.7 Å². The van der Waals surface area contributed by atoms with Crippen LogP contribution in [0.1, 0.15) is 11.1 Å². The number of hydrogen-bond donors (Lipinski definition) is 2. The van der Waals surface area contributed by atoms with Gasteiger partial charge in [0.2, 0.25) is 5.91 Å². The molecule has 4 rings (SSSR count). The fourth-order valence-corrected chi connectivity index (χ4v) is 3.92. The highest BCUT2D eigenvalue weighted by atomic mass is 19.1. The van der Waals surface area contributed by atoms with Crippen LogP contribution in [0.25, 0.3) is 0 Å². The molecule has 0 aliphatic carbocycles. The molecule has 4 amide bonds. The molecule has 0 bridgehead atoms. The Kier molecular flexibility index (Phi) is 6.34. The average Bonchev–Trinajstić information content (AvgIpc) is 3.10. The number of nitrogens with zero attached hydrogens (tertiary/aromatic N) is 2. The fourth-order valence-electron chi connectivity index (χ4n) is 3.92. The zero-order valence-corrected chi connectivity index (χ0v) is 18.7. The lowest BCUT2D eigenvalue weighted by Gasteiger charge is -2.28. The van der Waals surface area contributed by atoms with Gasteiger partial charge in [0.25, 0.3) is 11.6 Å². The first kappa shape index (κ1) is 24.3. The Morgan fingerprint density at radius 2 is 1.58 bits per heavy atom. The zero-order chi connectivity index (χ0) is 26.0. The monoisotopic (exact) mass is 496 g/mol. The standard InChI is InChI=1S/C24H18F2N4O6/c1-36-20-11-10-18(30(34)35)12-19(20)27-21(31)13-29-22(32)24(28-23(29)33,14-2-6-16(25)7-3-14)15-4-8-17(26)9-5-15/h2-12H,13H2,1H3,(H,27,31)(H,28,33). The van der Waals surface area contributed by atoms with Crippen molar-refractivity contribution in [2.24, 2.45) is 0 Å². The van der Waals surface area contributed by atoms with E-state index in [1.807, 2.05) is 0 Å². The quantitative estimate of drug-likeness (QED) is 0.293. The number of imide groups is 1. The van der Waals surface area contributed by atoms with Crippen LogP contribution in [0.2, 0.25) is 0 Å². The van der Waals surface area contributed by atoms with E-state index < -0.39 is 46.5 Å². The third-order valence-electron chi connectivity index (χ3n) is 5.63. The minimum Gasteiger partial charge on any atom is -0.495 e. The van der Waals surface area contributed by atoms with Crippen LogP contribution in [-0.4, -0.2) is 41.3 Å². The number of amides is 4. The minimum absolute atomic E-state index is 0.0351. The third-order valence-corrected chi connectivity index (χ3v) is 5.63. The molecule has 1 aliphatic heterocycles. The van der Waals surface area contributed by atoms with Gasteiger partial charge in [-0.25, -0.2) is 13.6 Å². The van der Waals surface area contributed by atoms with Gasteiger partial charge in [-0.2, -0.15) is 0 Å². The number of rotatable bonds is 7. The molecule has 1 aliphatic rings. The molecule has 0 aromatic heterocycles. The first-order chi connectivity index (χ1) is 17.1. The van der Waals surface area contributed by atoms with Crippen molar-refractivity contribution in [3.05, 3.63) is 99.6 Å². The summed E-state index contributed by atoms with van der Waals surface area (Å²) in [5.74, 6) is -2.73. The second-order valence-electron chi connectivity index (χ2n) is 7.78. The van der Waals surface area contributed by atoms with Crippen molar-refractivity contribution < 1.29 is 32.8 Å². The average molecular weight is 496 g/mol. The molecule has 184 valence electrons. The Hall–Kier alpha value is -4.87. The number of carbonyl (C=O) groups excluding carboxylic acids is 3. The lowest BCUT2D eigenvalue weighted by molar-refractivity contribution is -0.384. The summed E-state index contributed by atoms with van der Waals surface area (Å²) in [6, 6.07) is 12.2. The van der Waals surface area contributed by atoms with Crippen LogP contribution in [0, 0.1) is 21.7 Å². The fraction of sp³-hybridized carbons (Fsp3) is 0.125. The maximum atomic E-state index is 13.6. The second-order valence-corrected chi connectivity index (χ2v) is 7.78. The van der Waals surface area contributed by atoms with Gasteiger partial charge in [0.1, 0.15) is 23.9 Å². The van der Waals surface area contributed by atoms with Crippen LogP contribution in [0.4, 0.5) is 25.0 Å². The summed E-state index contributed by atoms with van der Waals surface area (Å²) in [5.41, 5.74) is -1.81. The Balaban J connectivity index is 1.66. The number of nitro groups is 1. The van der Waals surface area contributed by atoms with E-state index in [4.69, 9.17) is 4.74 Å². The summed E-state index contributed by atoms with van der Waals surface area (Å²) < 4.78 is 32.3. The van der Waals surface area contributed by atoms with Gasteiger partial charge in [0.15, 0.2) is 5.54 Å². The number of hydrogen-bond acceptors (Lipinski definition) is 6. The Bertz CT molecular complexity index is 1320. The number of urea groups is 1. The summed E-state index contributed by atoms with van der Waals surface area (Å²) in [5, 5.41) is 16.0. The molecule has 0 atom stereocenters. The van der Waals surface area contributed by atoms with E-state index in [-0.39, 0.29) is 28.3 Å². The highest BCUT2D eigenvalue weighted by Gasteiger charge is 2.54. The highest BCUT2D eigenvalue weighted by molar-refractivity contribution is 6.12. The third kappa shape index (κ3) is 4.31. The van der Waals surface area contributed by atoms with Crippen LogP contribution in [0.5, 0.6) is 5.75 Å². The molecule has 1 saturated heterocycles. The van der Waals surface area contributed by atoms with E-state index in [2.05, 4.69) is 10.6 Å². The lowest BCUT2D eigenvalue weighted by Crippen LogP contribution is -2.45. The van der Waals surface area contributed by atoms with Crippen molar-refractivity contribution >= 4 is 29.2 Å². The van der Waals surface area contributed by atoms with E-state index in [9.17, 15) is 33.3 Å². The van der Waals surface area contributed by atoms with E-state index >= 15 is 0 Å². The Labute approximate surface area is 202 Å². The van der Waals surface area contributed by atoms with E-state index in [1.54, 1.807) is 0 Å². The van der Waals surface area contributed by atoms with Gasteiger partial charge in [-0.1, -0.05) is 24.3 Å². The van der Waals surface area contributed by atoms with E-state index in [0.717, 1.165) is 30.3 Å². The molecular weight excluding hydrogens is 478 g/mol. The minimum atomic E-state index is -1.85. The maximum Gasteiger partial charge on any atom is 0.326 e. The molecule has 2 N–H and O–H groups in total. The van der Waals surface area contributed by atoms with Gasteiger partial charge in [0, 0.05) is 12.1 Å². The number of carbonyl (C=O) groups is 3. The van der Waals surface area contributed by atoms with Gasteiger partial charge in [0.05, 0.1) is 17.7 Å². The van der Waals surface area contributed by atoms with Gasteiger partial charge in [-0.15, -0.1) is 0 Å². The first-order valence-electron chi connectivity index (χ1n) is 10.4. The number of nitrogens with one attached hydrogen (secondary N) is 2. The summed E-state index contributed by atoms with van der Waals surface area (Å²) >= 11 is 0. The number of nitro benzene ring substituents is 1. The summed E-state index contributed by atoms with van der Waals surface area (Å²) in [4.78, 5) is 50.4. The molecule has 0 spiro atoms. The normalized spacial score (nSPS) is 14.4. The molecule has 12 heteroatoms. The molecule has 3 aromatic rings. The van der Waals surface area contributed by atoms with Crippen LogP contribution in [-0.2, 0) is 15.1 Å². The Morgan fingerprint density at radius 1 is 1.03 bits per heavy atom. The summed E-state index contributed by atoms with van der Waals surface area (Å²) in [6.45, 7) is -0.749. The number of halogens is 2. The molecular formula is C24H18F2N4O6. The van der Waals surface area contributed by atoms with Gasteiger partial charge >= 0.3 is 6.03 Å². The van der Waals surface area contributed by atoms with Crippen LogP contribution < -0.4 is 15.4 Å². The molecule has 0 radical (unpaired) electrons. The van der Waals surface area contributed by atoms with Crippen molar-refractivity contribution in [1.29, 1.82) is 0 Å². The van der Waals surface area contributed by atoms with Gasteiger partial charge < -0.3 is 15.4 Å². The maximum absolute atomic E-state index is 13.6. The second kappa shape index (κ2) is 9.41. The van der Waals surface area contributed by atoms with Crippen molar-refractivity contribution in [2.75, 3.05) is 19.0 Å². The lowest BCUT2D eigenvalue weighted by atomic mass is 9.82. The number of ether oxygens (including phenoxy) is 1. The molecule has 10 nitrogen and oxygen atoms in total. The molecule has 0 unspecified atom stereocenters. The molecule has 0 saturated carbocycles. The molecule has 36 heavy (non-hydrogen) atoms. The largest absolute Gasteiger partial charge is 0.495 e. The predicted octanol–water partition coefficient (Wildman–Crippen LogP) is 3.32. The first-order valence-corrected chi connectivity index (χ1v) is 10.4. The van der Waals surface area contributed by atoms with Gasteiger partial charge in [-0.05, 0) is 41.5 Å². The summed E-state index contributed by atoms with van der Waals surface area (Å²) in [7, 11) is 1.30. The van der Waals surface area contributed by atoms with Crippen molar-refractivity contribution in [1.82, 2.24) is 10.2 Å². The Morgan fingerprint density at radius 3 is 2.08 bits per heavy atom. The number of non-ortho nitro benzene ring substituents is 1. The SMILES string of the molecule is COc1ccc([N+](=O)[O-])cc1NC(=O)CN1C(=O)NC(c2ccc(F)cc2)(c2ccc(F)cc2)C1=O. The van der Waals surface area contributed by atoms with Crippen LogP contribution >= 0.6 is 0 Å². The molecule has 1 fully saturated rings. The smallest absolute Gasteiger partial charge is 0.326 e. The van der Waals surface area contributed by atoms with Crippen molar-refractivity contribution in [3.8, 4) is 5.75 Å². The summed E-state index contributed by atoms with van der Waals surface area (Å²) in [6.07, 6.45) is 0. The number of anilines is 1. The number of benzene rings is 3. The number of methoxy groups -OCH3 is 1. The van der Waals surface area contributed by atoms with E-state index in [1.165, 1.54) is 43.5 Å². The van der Waals surface area contributed by atoms with Gasteiger partial charge in [-0.3, -0.25) is 24.6 Å². The van der Waals surface area contributed by atoms with E-state index in [0.29, 0.717) is 4.90 Å². The van der Waals surface area contributed by atoms with Crippen molar-refractivity contribution in [3.63, 3.8) is 0 Å². The predicted molar refractivity (Wildman–Crippen MR) is 122 cm³/mol. The zero-order valence-electron chi connectivity index (χ0n) is 18.7. The molecule has 1 heterocycles. The topological polar surface area (TPSA) is 131 Å². The molecule has 3 aromatic carbocycles. The van der Waals surface area contributed by atoms with Crippen molar-refractivity contribution in [2.45, 2.75) is 5.54 Å². The highest BCUT2D eigenvalue weighted by Crippen LogP contribution is 2.36.